The first-order valence-corrected chi connectivity index (χ1v) is 11.7. The SMILES string of the molecule is CCC(CCCN1CCC(CCOc2ccc(F)cc2)CC1)c1ccc(C#N)c(C)c1. The van der Waals surface area contributed by atoms with Crippen LogP contribution in [0.5, 0.6) is 5.75 Å². The van der Waals surface area contributed by atoms with Gasteiger partial charge in [0.2, 0.25) is 0 Å². The van der Waals surface area contributed by atoms with Crippen molar-refractivity contribution in [2.45, 2.75) is 58.3 Å². The molecule has 166 valence electrons. The zero-order valence-corrected chi connectivity index (χ0v) is 18.9. The summed E-state index contributed by atoms with van der Waals surface area (Å²) in [7, 11) is 0. The summed E-state index contributed by atoms with van der Waals surface area (Å²) < 4.78 is 18.7. The van der Waals surface area contributed by atoms with Gasteiger partial charge in [0, 0.05) is 0 Å². The van der Waals surface area contributed by atoms with Gasteiger partial charge in [0.05, 0.1) is 18.2 Å². The Morgan fingerprint density at radius 1 is 1.16 bits per heavy atom. The van der Waals surface area contributed by atoms with E-state index in [9.17, 15) is 4.39 Å². The van der Waals surface area contributed by atoms with E-state index < -0.39 is 0 Å². The highest BCUT2D eigenvalue weighted by Gasteiger charge is 2.19. The van der Waals surface area contributed by atoms with E-state index in [1.165, 1.54) is 63.0 Å². The van der Waals surface area contributed by atoms with Gasteiger partial charge in [0.25, 0.3) is 0 Å². The largest absolute Gasteiger partial charge is 0.494 e. The second-order valence-electron chi connectivity index (χ2n) is 8.81. The lowest BCUT2D eigenvalue weighted by Crippen LogP contribution is -2.35. The topological polar surface area (TPSA) is 36.3 Å². The smallest absolute Gasteiger partial charge is 0.123 e. The van der Waals surface area contributed by atoms with Gasteiger partial charge in [-0.25, -0.2) is 4.39 Å². The maximum absolute atomic E-state index is 12.9. The lowest BCUT2D eigenvalue weighted by atomic mass is 9.89. The normalized spacial score (nSPS) is 16.1. The molecule has 0 aliphatic carbocycles. The van der Waals surface area contributed by atoms with Crippen molar-refractivity contribution in [2.24, 2.45) is 5.92 Å². The molecule has 0 aromatic heterocycles. The van der Waals surface area contributed by atoms with Crippen LogP contribution in [0.25, 0.3) is 0 Å². The lowest BCUT2D eigenvalue weighted by molar-refractivity contribution is 0.160. The third kappa shape index (κ3) is 7.08. The predicted molar refractivity (Wildman–Crippen MR) is 124 cm³/mol. The zero-order chi connectivity index (χ0) is 22.1. The molecule has 2 aromatic carbocycles. The number of nitrogens with zero attached hydrogens (tertiary/aromatic N) is 2. The lowest BCUT2D eigenvalue weighted by Gasteiger charge is -2.32. The van der Waals surface area contributed by atoms with E-state index >= 15 is 0 Å². The van der Waals surface area contributed by atoms with Crippen molar-refractivity contribution in [1.82, 2.24) is 4.90 Å². The molecule has 4 heteroatoms. The molecule has 1 aliphatic heterocycles. The summed E-state index contributed by atoms with van der Waals surface area (Å²) in [6.07, 6.45) is 7.10. The third-order valence-corrected chi connectivity index (χ3v) is 6.68. The van der Waals surface area contributed by atoms with Gasteiger partial charge in [-0.05, 0) is 118 Å². The van der Waals surface area contributed by atoms with Crippen LogP contribution in [0.15, 0.2) is 42.5 Å². The standard InChI is InChI=1S/C27H35FN2O/c1-3-23(24-6-7-25(20-29)21(2)19-24)5-4-15-30-16-12-22(13-17-30)14-18-31-27-10-8-26(28)9-11-27/h6-11,19,22-23H,3-5,12-18H2,1-2H3. The second kappa shape index (κ2) is 11.9. The Balaban J connectivity index is 1.33. The van der Waals surface area contributed by atoms with Gasteiger partial charge in [-0.2, -0.15) is 5.26 Å². The fourth-order valence-corrected chi connectivity index (χ4v) is 4.61. The van der Waals surface area contributed by atoms with E-state index in [1.54, 1.807) is 12.1 Å². The Morgan fingerprint density at radius 2 is 1.90 bits per heavy atom. The quantitative estimate of drug-likeness (QED) is 0.441. The molecule has 0 saturated carbocycles. The molecular formula is C27H35FN2O. The van der Waals surface area contributed by atoms with Crippen LogP contribution in [0, 0.1) is 30.0 Å². The van der Waals surface area contributed by atoms with Crippen LogP contribution in [0.1, 0.15) is 68.1 Å². The van der Waals surface area contributed by atoms with Gasteiger partial charge in [0.1, 0.15) is 11.6 Å². The molecule has 31 heavy (non-hydrogen) atoms. The average Bonchev–Trinajstić information content (AvgIpc) is 2.79. The molecule has 1 aliphatic rings. The number of ether oxygens (including phenoxy) is 1. The molecule has 0 N–H and O–H groups in total. The minimum Gasteiger partial charge on any atom is -0.494 e. The first-order chi connectivity index (χ1) is 15.1. The van der Waals surface area contributed by atoms with E-state index in [1.807, 2.05) is 13.0 Å². The van der Waals surface area contributed by atoms with Crippen LogP contribution in [-0.4, -0.2) is 31.1 Å². The number of hydrogen-bond acceptors (Lipinski definition) is 3. The van der Waals surface area contributed by atoms with Crippen LogP contribution in [-0.2, 0) is 0 Å². The first-order valence-electron chi connectivity index (χ1n) is 11.7. The van der Waals surface area contributed by atoms with Crippen molar-refractivity contribution in [1.29, 1.82) is 5.26 Å². The number of hydrogen-bond donors (Lipinski definition) is 0. The number of nitriles is 1. The monoisotopic (exact) mass is 422 g/mol. The Morgan fingerprint density at radius 3 is 2.55 bits per heavy atom. The molecule has 0 spiro atoms. The van der Waals surface area contributed by atoms with E-state index in [0.29, 0.717) is 12.5 Å². The van der Waals surface area contributed by atoms with Crippen molar-refractivity contribution < 1.29 is 9.13 Å². The summed E-state index contributed by atoms with van der Waals surface area (Å²) in [5.74, 6) is 1.83. The first kappa shape index (κ1) is 23.3. The number of halogens is 1. The minimum absolute atomic E-state index is 0.225. The van der Waals surface area contributed by atoms with Crippen LogP contribution in [0.3, 0.4) is 0 Å². The number of piperidine rings is 1. The van der Waals surface area contributed by atoms with Gasteiger partial charge < -0.3 is 9.64 Å². The maximum atomic E-state index is 12.9. The summed E-state index contributed by atoms with van der Waals surface area (Å²) in [5, 5.41) is 9.14. The number of rotatable bonds is 10. The number of likely N-dealkylation sites (tertiary alicyclic amines) is 1. The van der Waals surface area contributed by atoms with Gasteiger partial charge in [0.15, 0.2) is 0 Å². The molecular weight excluding hydrogens is 387 g/mol. The van der Waals surface area contributed by atoms with Gasteiger partial charge in [-0.3, -0.25) is 0 Å². The molecule has 0 bridgehead atoms. The predicted octanol–water partition coefficient (Wildman–Crippen LogP) is 6.46. The molecule has 2 aromatic rings. The van der Waals surface area contributed by atoms with Gasteiger partial charge in [-0.1, -0.05) is 19.1 Å². The highest BCUT2D eigenvalue weighted by Crippen LogP contribution is 2.27. The third-order valence-electron chi connectivity index (χ3n) is 6.68. The Bertz CT molecular complexity index is 851. The molecule has 1 fully saturated rings. The maximum Gasteiger partial charge on any atom is 0.123 e. The molecule has 0 amide bonds. The molecule has 1 heterocycles. The Hall–Kier alpha value is -2.38. The zero-order valence-electron chi connectivity index (χ0n) is 18.9. The highest BCUT2D eigenvalue weighted by atomic mass is 19.1. The Kier molecular flexibility index (Phi) is 8.91. The van der Waals surface area contributed by atoms with Crippen molar-refractivity contribution >= 4 is 0 Å². The number of benzene rings is 2. The molecule has 1 saturated heterocycles. The molecule has 1 unspecified atom stereocenters. The summed E-state index contributed by atoms with van der Waals surface area (Å²) >= 11 is 0. The van der Waals surface area contributed by atoms with Crippen LogP contribution < -0.4 is 4.74 Å². The minimum atomic E-state index is -0.225. The van der Waals surface area contributed by atoms with Crippen LogP contribution in [0.4, 0.5) is 4.39 Å². The molecule has 3 nitrogen and oxygen atoms in total. The second-order valence-corrected chi connectivity index (χ2v) is 8.81. The van der Waals surface area contributed by atoms with E-state index in [4.69, 9.17) is 10.00 Å². The fourth-order valence-electron chi connectivity index (χ4n) is 4.61. The molecule has 3 rings (SSSR count). The van der Waals surface area contributed by atoms with E-state index in [2.05, 4.69) is 30.0 Å². The molecule has 0 radical (unpaired) electrons. The van der Waals surface area contributed by atoms with Crippen LogP contribution in [0.2, 0.25) is 0 Å². The van der Waals surface area contributed by atoms with Gasteiger partial charge in [-0.15, -0.1) is 0 Å². The van der Waals surface area contributed by atoms with Crippen molar-refractivity contribution in [2.75, 3.05) is 26.2 Å². The van der Waals surface area contributed by atoms with E-state index in [-0.39, 0.29) is 5.82 Å². The molecule has 1 atom stereocenters. The average molecular weight is 423 g/mol. The number of aryl methyl sites for hydroxylation is 1. The summed E-state index contributed by atoms with van der Waals surface area (Å²) in [5.41, 5.74) is 3.24. The summed E-state index contributed by atoms with van der Waals surface area (Å²) in [6, 6.07) is 14.9. The highest BCUT2D eigenvalue weighted by molar-refractivity contribution is 5.40. The Labute approximate surface area is 186 Å². The van der Waals surface area contributed by atoms with Gasteiger partial charge >= 0.3 is 0 Å². The van der Waals surface area contributed by atoms with Crippen molar-refractivity contribution in [3.63, 3.8) is 0 Å². The fraction of sp³-hybridized carbons (Fsp3) is 0.519. The summed E-state index contributed by atoms with van der Waals surface area (Å²) in [6.45, 7) is 8.52. The van der Waals surface area contributed by atoms with Crippen LogP contribution >= 0.6 is 0 Å². The van der Waals surface area contributed by atoms with E-state index in [0.717, 1.165) is 35.6 Å². The van der Waals surface area contributed by atoms with Crippen molar-refractivity contribution in [3.8, 4) is 11.8 Å². The summed E-state index contributed by atoms with van der Waals surface area (Å²) in [4.78, 5) is 2.61. The van der Waals surface area contributed by atoms with Crippen molar-refractivity contribution in [3.05, 3.63) is 65.0 Å².